The fourth-order valence-electron chi connectivity index (χ4n) is 3.88. The summed E-state index contributed by atoms with van der Waals surface area (Å²) in [4.78, 5) is 55.9. The molecular weight excluding hydrogens is 450 g/mol. The Morgan fingerprint density at radius 2 is 1.94 bits per heavy atom. The number of aromatic nitrogens is 1. The van der Waals surface area contributed by atoms with Crippen molar-refractivity contribution in [1.29, 1.82) is 0 Å². The summed E-state index contributed by atoms with van der Waals surface area (Å²) in [6, 6.07) is 6.71. The second kappa shape index (κ2) is 8.70. The summed E-state index contributed by atoms with van der Waals surface area (Å²) in [5, 5.41) is 12.5. The quantitative estimate of drug-likeness (QED) is 0.536. The Bertz CT molecular complexity index is 1100. The lowest BCUT2D eigenvalue weighted by molar-refractivity contribution is -0.155. The van der Waals surface area contributed by atoms with Gasteiger partial charge in [0, 0.05) is 17.9 Å². The number of nitrogen functional groups attached to an aromatic ring is 1. The van der Waals surface area contributed by atoms with Crippen LogP contribution >= 0.6 is 11.3 Å². The highest BCUT2D eigenvalue weighted by molar-refractivity contribution is 7.17. The Balaban J connectivity index is 1.38. The highest BCUT2D eigenvalue weighted by atomic mass is 32.1. The monoisotopic (exact) mass is 473 g/mol. The van der Waals surface area contributed by atoms with Gasteiger partial charge in [0.1, 0.15) is 16.4 Å². The number of piperidine rings is 1. The van der Waals surface area contributed by atoms with Crippen LogP contribution in [-0.4, -0.2) is 59.7 Å². The van der Waals surface area contributed by atoms with Crippen LogP contribution in [0.4, 0.5) is 21.3 Å². The van der Waals surface area contributed by atoms with Gasteiger partial charge < -0.3 is 25.8 Å². The third-order valence-corrected chi connectivity index (χ3v) is 6.66. The summed E-state index contributed by atoms with van der Waals surface area (Å²) >= 11 is 1.07. The third kappa shape index (κ3) is 4.33. The molecule has 2 aromatic rings. The van der Waals surface area contributed by atoms with E-state index in [1.54, 1.807) is 24.3 Å². The van der Waals surface area contributed by atoms with Crippen molar-refractivity contribution in [3.8, 4) is 0 Å². The molecule has 4 rings (SSSR count). The number of nitrogens with zero attached hydrogens (tertiary/aromatic N) is 3. The summed E-state index contributed by atoms with van der Waals surface area (Å²) in [7, 11) is 0. The number of aliphatic carboxylic acids is 1. The Morgan fingerprint density at radius 1 is 1.27 bits per heavy atom. The predicted molar refractivity (Wildman–Crippen MR) is 120 cm³/mol. The molecule has 1 aromatic heterocycles. The highest BCUT2D eigenvalue weighted by Crippen LogP contribution is 2.35. The van der Waals surface area contributed by atoms with Crippen LogP contribution < -0.4 is 20.9 Å². The lowest BCUT2D eigenvalue weighted by Gasteiger charge is -2.36. The number of carboxylic acid groups (broad SMARTS) is 1. The molecule has 2 fully saturated rings. The van der Waals surface area contributed by atoms with Crippen molar-refractivity contribution in [2.45, 2.75) is 25.9 Å². The first-order valence-electron chi connectivity index (χ1n) is 10.3. The molecule has 0 spiro atoms. The van der Waals surface area contributed by atoms with Crippen molar-refractivity contribution < 1.29 is 29.0 Å². The fourth-order valence-corrected chi connectivity index (χ4v) is 4.48. The first-order valence-corrected chi connectivity index (χ1v) is 11.1. The van der Waals surface area contributed by atoms with Gasteiger partial charge in [0.25, 0.3) is 5.91 Å². The fraction of sp³-hybridized carbons (Fsp3) is 0.381. The lowest BCUT2D eigenvalue weighted by atomic mass is 9.81. The van der Waals surface area contributed by atoms with Gasteiger partial charge in [-0.05, 0) is 44.0 Å². The van der Waals surface area contributed by atoms with Crippen LogP contribution in [0.3, 0.4) is 0 Å². The number of carboxylic acids is 1. The molecule has 3 heterocycles. The molecule has 2 aliphatic heterocycles. The zero-order valence-corrected chi connectivity index (χ0v) is 18.6. The number of hydrogen-bond donors (Lipinski definition) is 3. The maximum atomic E-state index is 12.8. The first-order chi connectivity index (χ1) is 15.7. The van der Waals surface area contributed by atoms with Crippen LogP contribution in [0.2, 0.25) is 0 Å². The van der Waals surface area contributed by atoms with Gasteiger partial charge in [0.15, 0.2) is 5.13 Å². The van der Waals surface area contributed by atoms with E-state index in [0.717, 1.165) is 11.3 Å². The van der Waals surface area contributed by atoms with Crippen molar-refractivity contribution in [2.75, 3.05) is 35.2 Å². The van der Waals surface area contributed by atoms with Gasteiger partial charge in [-0.2, -0.15) is 0 Å². The first kappa shape index (κ1) is 22.5. The maximum absolute atomic E-state index is 12.8. The molecule has 0 bridgehead atoms. The van der Waals surface area contributed by atoms with Crippen molar-refractivity contribution in [3.05, 3.63) is 35.3 Å². The molecule has 2 atom stereocenters. The lowest BCUT2D eigenvalue weighted by Crippen LogP contribution is -2.51. The van der Waals surface area contributed by atoms with Gasteiger partial charge in [-0.3, -0.25) is 19.3 Å². The van der Waals surface area contributed by atoms with Crippen LogP contribution in [0, 0.1) is 5.41 Å². The molecule has 0 radical (unpaired) electrons. The highest BCUT2D eigenvalue weighted by Gasteiger charge is 2.46. The van der Waals surface area contributed by atoms with E-state index in [9.17, 15) is 24.3 Å². The summed E-state index contributed by atoms with van der Waals surface area (Å²) in [6.07, 6.45) is 1.18. The smallest absolute Gasteiger partial charge is 0.414 e. The summed E-state index contributed by atoms with van der Waals surface area (Å²) in [5.74, 6) is -1.93. The molecule has 33 heavy (non-hydrogen) atoms. The Labute approximate surface area is 193 Å². The minimum absolute atomic E-state index is 0.132. The molecule has 3 amide bonds. The Morgan fingerprint density at radius 3 is 2.55 bits per heavy atom. The molecule has 11 nitrogen and oxygen atoms in total. The average molecular weight is 474 g/mol. The zero-order chi connectivity index (χ0) is 23.8. The largest absolute Gasteiger partial charge is 0.480 e. The number of benzene rings is 1. The molecule has 4 N–H and O–H groups in total. The number of carbonyl (C=O) groups excluding carboxylic acids is 3. The van der Waals surface area contributed by atoms with Crippen LogP contribution in [0.5, 0.6) is 0 Å². The molecule has 2 aliphatic rings. The van der Waals surface area contributed by atoms with Crippen LogP contribution in [-0.2, 0) is 14.3 Å². The van der Waals surface area contributed by atoms with Crippen molar-refractivity contribution in [3.63, 3.8) is 0 Å². The Hall–Kier alpha value is -3.67. The molecule has 0 aliphatic carbocycles. The van der Waals surface area contributed by atoms with E-state index < -0.39 is 29.5 Å². The standard InChI is InChI=1S/C21H23N5O6S/c1-21(18(29)30)7-2-8-25(17(21)28)12-3-5-13(6-4-12)26-11-14(32-20(26)31)9-23-16(27)15-10-24-19(22)33-15/h3-6,10,14H,2,7-9,11H2,1H3,(H2,22,24)(H,23,27)(H,29,30)/t14-,21?/m1/s1. The second-order valence-corrected chi connectivity index (χ2v) is 9.17. The van der Waals surface area contributed by atoms with Crippen LogP contribution in [0.25, 0.3) is 0 Å². The zero-order valence-electron chi connectivity index (χ0n) is 17.8. The number of anilines is 3. The van der Waals surface area contributed by atoms with Gasteiger partial charge in [0.05, 0.1) is 19.3 Å². The molecular formula is C21H23N5O6S. The number of thiazole rings is 1. The van der Waals surface area contributed by atoms with E-state index in [1.165, 1.54) is 22.9 Å². The number of hydrogen-bond acceptors (Lipinski definition) is 8. The van der Waals surface area contributed by atoms with Gasteiger partial charge in [-0.1, -0.05) is 11.3 Å². The van der Waals surface area contributed by atoms with Gasteiger partial charge >= 0.3 is 12.1 Å². The van der Waals surface area contributed by atoms with Crippen molar-refractivity contribution in [2.24, 2.45) is 5.41 Å². The molecule has 1 unspecified atom stereocenters. The van der Waals surface area contributed by atoms with E-state index in [0.29, 0.717) is 40.8 Å². The predicted octanol–water partition coefficient (Wildman–Crippen LogP) is 1.70. The van der Waals surface area contributed by atoms with E-state index in [4.69, 9.17) is 10.5 Å². The number of nitrogens with two attached hydrogens (primary N) is 1. The number of amides is 3. The Kier molecular flexibility index (Phi) is 5.93. The molecule has 12 heteroatoms. The minimum Gasteiger partial charge on any atom is -0.480 e. The topological polar surface area (TPSA) is 155 Å². The van der Waals surface area contributed by atoms with E-state index in [2.05, 4.69) is 10.3 Å². The van der Waals surface area contributed by atoms with Gasteiger partial charge in [0.2, 0.25) is 5.91 Å². The third-order valence-electron chi connectivity index (χ3n) is 5.83. The summed E-state index contributed by atoms with van der Waals surface area (Å²) < 4.78 is 5.34. The SMILES string of the molecule is CC1(C(=O)O)CCCN(c2ccc(N3C[C@@H](CNC(=O)c4cnc(N)s4)OC3=O)cc2)C1=O. The normalized spacial score (nSPS) is 22.9. The number of ether oxygens (including phenoxy) is 1. The van der Waals surface area contributed by atoms with Crippen LogP contribution in [0.1, 0.15) is 29.4 Å². The van der Waals surface area contributed by atoms with E-state index in [1.807, 2.05) is 0 Å². The van der Waals surface area contributed by atoms with Crippen LogP contribution in [0.15, 0.2) is 30.5 Å². The molecule has 1 aromatic carbocycles. The second-order valence-electron chi connectivity index (χ2n) is 8.10. The average Bonchev–Trinajstić information content (AvgIpc) is 3.39. The number of nitrogens with one attached hydrogen (secondary N) is 1. The van der Waals surface area contributed by atoms with E-state index >= 15 is 0 Å². The van der Waals surface area contributed by atoms with Crippen molar-refractivity contribution >= 4 is 51.7 Å². The molecule has 174 valence electrons. The molecule has 2 saturated heterocycles. The van der Waals surface area contributed by atoms with Gasteiger partial charge in [-0.25, -0.2) is 9.78 Å². The van der Waals surface area contributed by atoms with E-state index in [-0.39, 0.29) is 19.0 Å². The number of rotatable bonds is 6. The maximum Gasteiger partial charge on any atom is 0.414 e. The number of carbonyl (C=O) groups is 4. The van der Waals surface area contributed by atoms with Gasteiger partial charge in [-0.15, -0.1) is 0 Å². The summed E-state index contributed by atoms with van der Waals surface area (Å²) in [6.45, 7) is 2.25. The summed E-state index contributed by atoms with van der Waals surface area (Å²) in [5.41, 5.74) is 5.22. The minimum atomic E-state index is -1.45. The number of cyclic esters (lactones) is 1. The molecule has 0 saturated carbocycles. The van der Waals surface area contributed by atoms with Crippen molar-refractivity contribution in [1.82, 2.24) is 10.3 Å².